The summed E-state index contributed by atoms with van der Waals surface area (Å²) < 4.78 is 0. The van der Waals surface area contributed by atoms with Gasteiger partial charge in [-0.3, -0.25) is 9.59 Å². The molecule has 3 aromatic heterocycles. The van der Waals surface area contributed by atoms with Crippen LogP contribution in [0.1, 0.15) is 29.0 Å². The summed E-state index contributed by atoms with van der Waals surface area (Å²) in [6.45, 7) is 1.92. The molecule has 2 N–H and O–H groups in total. The third kappa shape index (κ3) is 4.68. The largest absolute Gasteiger partial charge is 0.347 e. The molecule has 8 nitrogen and oxygen atoms in total. The fraction of sp³-hybridized carbons (Fsp3) is 0.429. The Kier molecular flexibility index (Phi) is 6.10. The number of aromatic amines is 1. The molecule has 0 aromatic carbocycles. The van der Waals surface area contributed by atoms with Crippen molar-refractivity contribution in [3.63, 3.8) is 0 Å². The molecule has 30 heavy (non-hydrogen) atoms. The normalized spacial score (nSPS) is 20.1. The summed E-state index contributed by atoms with van der Waals surface area (Å²) in [6.07, 6.45) is 3.20. The van der Waals surface area contributed by atoms with Gasteiger partial charge in [-0.15, -0.1) is 11.3 Å². The van der Waals surface area contributed by atoms with E-state index in [0.29, 0.717) is 31.0 Å². The number of hydrogen-bond donors (Lipinski definition) is 2. The lowest BCUT2D eigenvalue weighted by Crippen LogP contribution is -2.42. The molecule has 158 valence electrons. The van der Waals surface area contributed by atoms with Crippen molar-refractivity contribution in [1.82, 2.24) is 30.1 Å². The minimum Gasteiger partial charge on any atom is -0.347 e. The summed E-state index contributed by atoms with van der Waals surface area (Å²) >= 11 is 1.53. The lowest BCUT2D eigenvalue weighted by atomic mass is 10.00. The number of carbonyl (C=O) groups is 2. The van der Waals surface area contributed by atoms with Crippen molar-refractivity contribution in [3.05, 3.63) is 46.7 Å². The first-order valence-electron chi connectivity index (χ1n) is 10.0. The zero-order valence-corrected chi connectivity index (χ0v) is 18.0. The summed E-state index contributed by atoms with van der Waals surface area (Å²) in [7, 11) is 3.83. The molecule has 0 radical (unpaired) electrons. The van der Waals surface area contributed by atoms with Gasteiger partial charge in [0.1, 0.15) is 11.3 Å². The lowest BCUT2D eigenvalue weighted by molar-refractivity contribution is -0.135. The predicted molar refractivity (Wildman–Crippen MR) is 116 cm³/mol. The number of likely N-dealkylation sites (tertiary alicyclic amines) is 1. The van der Waals surface area contributed by atoms with E-state index in [-0.39, 0.29) is 23.8 Å². The molecule has 9 heteroatoms. The van der Waals surface area contributed by atoms with Crippen molar-refractivity contribution in [2.75, 3.05) is 27.2 Å². The number of rotatable bonds is 5. The molecule has 0 saturated carbocycles. The van der Waals surface area contributed by atoms with Crippen LogP contribution >= 0.6 is 11.3 Å². The number of nitrogens with one attached hydrogen (secondary N) is 2. The molecule has 2 amide bonds. The Bertz CT molecular complexity index is 985. The molecule has 0 bridgehead atoms. The Balaban J connectivity index is 1.36. The van der Waals surface area contributed by atoms with Gasteiger partial charge in [0.25, 0.3) is 5.91 Å². The Labute approximate surface area is 179 Å². The number of likely N-dealkylation sites (N-methyl/N-ethyl adjacent to an activating group) is 1. The number of hydrogen-bond acceptors (Lipinski definition) is 6. The van der Waals surface area contributed by atoms with Crippen LogP contribution in [-0.4, -0.2) is 69.8 Å². The van der Waals surface area contributed by atoms with Gasteiger partial charge in [-0.1, -0.05) is 0 Å². The highest BCUT2D eigenvalue weighted by molar-refractivity contribution is 7.07. The summed E-state index contributed by atoms with van der Waals surface area (Å²) in [4.78, 5) is 41.1. The van der Waals surface area contributed by atoms with Gasteiger partial charge in [-0.05, 0) is 38.1 Å². The van der Waals surface area contributed by atoms with E-state index in [2.05, 4.69) is 25.2 Å². The van der Waals surface area contributed by atoms with Gasteiger partial charge in [0.2, 0.25) is 5.91 Å². The van der Waals surface area contributed by atoms with E-state index in [1.807, 2.05) is 37.7 Å². The second-order valence-corrected chi connectivity index (χ2v) is 8.68. The van der Waals surface area contributed by atoms with E-state index in [4.69, 9.17) is 0 Å². The van der Waals surface area contributed by atoms with Crippen molar-refractivity contribution < 1.29 is 9.59 Å². The standard InChI is InChI=1S/C21H26N6O2S/c1-26-9-15(21(29)27(2)11-17-12-30-13-23-17)5-6-16(10-26)24-20(28)18-8-14-4-3-7-22-19(14)25-18/h3-4,7-8,12-13,15-16H,5-6,9-11H2,1-2H3,(H,22,25)(H,24,28)/t15-,16+/m1/s1. The summed E-state index contributed by atoms with van der Waals surface area (Å²) in [6, 6.07) is 5.58. The van der Waals surface area contributed by atoms with Gasteiger partial charge < -0.3 is 20.1 Å². The van der Waals surface area contributed by atoms with Crippen LogP contribution in [0.15, 0.2) is 35.3 Å². The predicted octanol–water partition coefficient (Wildman–Crippen LogP) is 2.12. The minimum absolute atomic E-state index is 0.0106. The number of carbonyl (C=O) groups excluding carboxylic acids is 2. The van der Waals surface area contributed by atoms with Crippen molar-refractivity contribution >= 4 is 34.2 Å². The average molecular weight is 427 g/mol. The highest BCUT2D eigenvalue weighted by atomic mass is 32.1. The Morgan fingerprint density at radius 3 is 2.97 bits per heavy atom. The topological polar surface area (TPSA) is 94.2 Å². The maximum atomic E-state index is 12.9. The number of amides is 2. The average Bonchev–Trinajstić information content (AvgIpc) is 3.35. The van der Waals surface area contributed by atoms with Crippen molar-refractivity contribution in [2.24, 2.45) is 5.92 Å². The van der Waals surface area contributed by atoms with Gasteiger partial charge in [0.15, 0.2) is 0 Å². The molecule has 0 spiro atoms. The smallest absolute Gasteiger partial charge is 0.268 e. The molecular weight excluding hydrogens is 400 g/mol. The van der Waals surface area contributed by atoms with Crippen LogP contribution in [0, 0.1) is 5.92 Å². The van der Waals surface area contributed by atoms with Crippen LogP contribution in [0.5, 0.6) is 0 Å². The second-order valence-electron chi connectivity index (χ2n) is 7.96. The van der Waals surface area contributed by atoms with Crippen molar-refractivity contribution in [2.45, 2.75) is 25.4 Å². The quantitative estimate of drug-likeness (QED) is 0.652. The Hall–Kier alpha value is -2.78. The minimum atomic E-state index is -0.142. The maximum absolute atomic E-state index is 12.9. The number of aromatic nitrogens is 3. The number of thiazole rings is 1. The van der Waals surface area contributed by atoms with Crippen LogP contribution < -0.4 is 5.32 Å². The van der Waals surface area contributed by atoms with Crippen LogP contribution in [0.2, 0.25) is 0 Å². The molecule has 4 rings (SSSR count). The van der Waals surface area contributed by atoms with Gasteiger partial charge >= 0.3 is 0 Å². The first kappa shape index (κ1) is 20.5. The molecule has 0 unspecified atom stereocenters. The molecule has 3 aromatic rings. The van der Waals surface area contributed by atoms with Gasteiger partial charge in [0.05, 0.1) is 23.7 Å². The first-order chi connectivity index (χ1) is 14.5. The number of fused-ring (bicyclic) bond motifs is 1. The monoisotopic (exact) mass is 426 g/mol. The summed E-state index contributed by atoms with van der Waals surface area (Å²) in [5.74, 6) is -0.0989. The highest BCUT2D eigenvalue weighted by Gasteiger charge is 2.29. The van der Waals surface area contributed by atoms with Gasteiger partial charge in [0, 0.05) is 43.1 Å². The summed E-state index contributed by atoms with van der Waals surface area (Å²) in [5.41, 5.74) is 3.90. The molecular formula is C21H26N6O2S. The molecule has 1 aliphatic heterocycles. The maximum Gasteiger partial charge on any atom is 0.268 e. The summed E-state index contributed by atoms with van der Waals surface area (Å²) in [5, 5.41) is 6.00. The molecule has 2 atom stereocenters. The van der Waals surface area contributed by atoms with Gasteiger partial charge in [-0.2, -0.15) is 0 Å². The first-order valence-corrected chi connectivity index (χ1v) is 11.0. The fourth-order valence-corrected chi connectivity index (χ4v) is 4.57. The van der Waals surface area contributed by atoms with E-state index in [9.17, 15) is 9.59 Å². The number of pyridine rings is 1. The third-order valence-corrected chi connectivity index (χ3v) is 6.14. The molecule has 0 aliphatic carbocycles. The fourth-order valence-electron chi connectivity index (χ4n) is 4.02. The van der Waals surface area contributed by atoms with Crippen LogP contribution in [0.4, 0.5) is 0 Å². The number of H-pyrrole nitrogens is 1. The van der Waals surface area contributed by atoms with E-state index in [1.165, 1.54) is 11.3 Å². The van der Waals surface area contributed by atoms with E-state index < -0.39 is 0 Å². The zero-order chi connectivity index (χ0) is 21.1. The zero-order valence-electron chi connectivity index (χ0n) is 17.2. The third-order valence-electron chi connectivity index (χ3n) is 5.51. The van der Waals surface area contributed by atoms with Crippen LogP contribution in [-0.2, 0) is 11.3 Å². The van der Waals surface area contributed by atoms with Crippen molar-refractivity contribution in [1.29, 1.82) is 0 Å². The highest BCUT2D eigenvalue weighted by Crippen LogP contribution is 2.20. The van der Waals surface area contributed by atoms with Crippen molar-refractivity contribution in [3.8, 4) is 0 Å². The number of nitrogens with zero attached hydrogens (tertiary/aromatic N) is 4. The Morgan fingerprint density at radius 1 is 1.33 bits per heavy atom. The van der Waals surface area contributed by atoms with E-state index in [0.717, 1.165) is 23.9 Å². The molecule has 4 heterocycles. The lowest BCUT2D eigenvalue weighted by Gasteiger charge is -2.24. The van der Waals surface area contributed by atoms with E-state index >= 15 is 0 Å². The Morgan fingerprint density at radius 2 is 2.20 bits per heavy atom. The SMILES string of the molecule is CN1C[C@@H](NC(=O)c2cc3cccnc3[nH]2)CC[C@@H](C(=O)N(C)Cc2cscn2)C1. The molecule has 1 fully saturated rings. The second kappa shape index (κ2) is 8.93. The van der Waals surface area contributed by atoms with Crippen LogP contribution in [0.3, 0.4) is 0 Å². The van der Waals surface area contributed by atoms with Gasteiger partial charge in [-0.25, -0.2) is 9.97 Å². The van der Waals surface area contributed by atoms with Crippen LogP contribution in [0.25, 0.3) is 11.0 Å². The van der Waals surface area contributed by atoms with E-state index in [1.54, 1.807) is 16.6 Å². The molecule has 1 aliphatic rings. The molecule has 1 saturated heterocycles.